The molecular weight excluding hydrogens is 520 g/mol. The number of aliphatic hydroxyl groups excluding tert-OH is 1. The summed E-state index contributed by atoms with van der Waals surface area (Å²) in [7, 11) is 0. The largest absolute Gasteiger partial charge is 0.507 e. The number of carbonyl (C=O) groups is 3. The molecule has 39 heavy (non-hydrogen) atoms. The second-order valence-corrected chi connectivity index (χ2v) is 9.41. The molecular formula is C29H28N2O7S. The van der Waals surface area contributed by atoms with Crippen molar-refractivity contribution in [3.8, 4) is 11.5 Å². The van der Waals surface area contributed by atoms with Crippen LogP contribution in [0.25, 0.3) is 5.76 Å². The number of ether oxygens (including phenoxy) is 3. The third-order valence-electron chi connectivity index (χ3n) is 5.88. The number of benzene rings is 2. The Balaban J connectivity index is 1.87. The number of hydrogen-bond donors (Lipinski definition) is 1. The fourth-order valence-corrected chi connectivity index (χ4v) is 5.18. The van der Waals surface area contributed by atoms with Crippen molar-refractivity contribution in [2.75, 3.05) is 24.7 Å². The number of esters is 1. The first-order valence-corrected chi connectivity index (χ1v) is 13.1. The molecule has 1 aromatic heterocycles. The number of anilines is 1. The lowest BCUT2D eigenvalue weighted by Gasteiger charge is -2.23. The Morgan fingerprint density at radius 2 is 1.79 bits per heavy atom. The van der Waals surface area contributed by atoms with Crippen LogP contribution in [0.5, 0.6) is 11.5 Å². The molecule has 10 heteroatoms. The van der Waals surface area contributed by atoms with Gasteiger partial charge >= 0.3 is 11.9 Å². The van der Waals surface area contributed by atoms with E-state index in [0.29, 0.717) is 41.5 Å². The van der Waals surface area contributed by atoms with Crippen molar-refractivity contribution >= 4 is 39.9 Å². The Morgan fingerprint density at radius 3 is 2.46 bits per heavy atom. The maximum atomic E-state index is 13.5. The third-order valence-corrected chi connectivity index (χ3v) is 7.01. The fraction of sp³-hybridized carbons (Fsp3) is 0.241. The molecule has 1 atom stereocenters. The third kappa shape index (κ3) is 5.56. The molecule has 2 aromatic carbocycles. The molecule has 2 heterocycles. The van der Waals surface area contributed by atoms with E-state index < -0.39 is 23.7 Å². The van der Waals surface area contributed by atoms with Crippen molar-refractivity contribution in [3.05, 3.63) is 88.5 Å². The number of hydrogen-bond acceptors (Lipinski definition) is 9. The second-order valence-electron chi connectivity index (χ2n) is 8.43. The highest BCUT2D eigenvalue weighted by atomic mass is 32.1. The van der Waals surface area contributed by atoms with E-state index in [0.717, 1.165) is 11.3 Å². The highest BCUT2D eigenvalue weighted by Crippen LogP contribution is 2.44. The molecule has 1 saturated heterocycles. The van der Waals surface area contributed by atoms with Gasteiger partial charge < -0.3 is 19.3 Å². The van der Waals surface area contributed by atoms with Crippen molar-refractivity contribution < 1.29 is 33.7 Å². The number of ketones is 1. The lowest BCUT2D eigenvalue weighted by atomic mass is 9.95. The summed E-state index contributed by atoms with van der Waals surface area (Å²) in [5.74, 6) is -1.58. The lowest BCUT2D eigenvalue weighted by Crippen LogP contribution is -2.29. The monoisotopic (exact) mass is 548 g/mol. The molecule has 1 aliphatic heterocycles. The summed E-state index contributed by atoms with van der Waals surface area (Å²) in [5.41, 5.74) is 1.10. The molecule has 9 nitrogen and oxygen atoms in total. The van der Waals surface area contributed by atoms with E-state index in [9.17, 15) is 19.5 Å². The summed E-state index contributed by atoms with van der Waals surface area (Å²) in [4.78, 5) is 45.3. The molecule has 0 bridgehead atoms. The van der Waals surface area contributed by atoms with Crippen LogP contribution in [0.1, 0.15) is 46.4 Å². The molecule has 202 valence electrons. The number of aromatic nitrogens is 1. The average Bonchev–Trinajstić information content (AvgIpc) is 3.44. The van der Waals surface area contributed by atoms with Gasteiger partial charge in [0.15, 0.2) is 5.13 Å². The van der Waals surface area contributed by atoms with Gasteiger partial charge in [-0.05, 0) is 62.7 Å². The number of rotatable bonds is 10. The van der Waals surface area contributed by atoms with E-state index in [1.54, 1.807) is 55.5 Å². The van der Waals surface area contributed by atoms with E-state index in [1.165, 1.54) is 11.0 Å². The van der Waals surface area contributed by atoms with Gasteiger partial charge in [-0.15, -0.1) is 0 Å². The van der Waals surface area contributed by atoms with E-state index in [4.69, 9.17) is 14.2 Å². The smallest absolute Gasteiger partial charge is 0.350 e. The van der Waals surface area contributed by atoms with Crippen LogP contribution in [0, 0.1) is 6.92 Å². The van der Waals surface area contributed by atoms with E-state index in [-0.39, 0.29) is 27.9 Å². The summed E-state index contributed by atoms with van der Waals surface area (Å²) in [6, 6.07) is 12.5. The van der Waals surface area contributed by atoms with E-state index in [1.807, 2.05) is 13.8 Å². The maximum Gasteiger partial charge on any atom is 0.350 e. The molecule has 1 aliphatic rings. The van der Waals surface area contributed by atoms with Gasteiger partial charge in [-0.2, -0.15) is 0 Å². The molecule has 1 N–H and O–H groups in total. The van der Waals surface area contributed by atoms with Crippen LogP contribution >= 0.6 is 11.3 Å². The normalized spacial score (nSPS) is 16.3. The van der Waals surface area contributed by atoms with Gasteiger partial charge in [0.25, 0.3) is 5.78 Å². The number of aryl methyl sites for hydroxylation is 1. The average molecular weight is 549 g/mol. The van der Waals surface area contributed by atoms with Crippen LogP contribution in [0.4, 0.5) is 5.13 Å². The molecule has 0 saturated carbocycles. The number of amides is 1. The molecule has 3 aromatic rings. The number of aliphatic hydroxyl groups is 1. The van der Waals surface area contributed by atoms with E-state index in [2.05, 4.69) is 11.6 Å². The van der Waals surface area contributed by atoms with Gasteiger partial charge in [0.05, 0.1) is 30.5 Å². The lowest BCUT2D eigenvalue weighted by molar-refractivity contribution is -0.132. The van der Waals surface area contributed by atoms with Crippen molar-refractivity contribution in [2.24, 2.45) is 0 Å². The minimum absolute atomic E-state index is 0.0162. The van der Waals surface area contributed by atoms with Crippen LogP contribution in [-0.4, -0.2) is 47.6 Å². The number of nitrogens with zero attached hydrogens (tertiary/aromatic N) is 2. The van der Waals surface area contributed by atoms with Crippen molar-refractivity contribution in [1.82, 2.24) is 4.98 Å². The number of carbonyl (C=O) groups excluding carboxylic acids is 3. The van der Waals surface area contributed by atoms with Crippen LogP contribution in [0.2, 0.25) is 0 Å². The molecule has 1 unspecified atom stereocenters. The number of Topliss-reactive ketones (excluding diaryl/α,β-unsaturated/α-hetero) is 1. The minimum atomic E-state index is -1.03. The summed E-state index contributed by atoms with van der Waals surface area (Å²) in [5, 5.41) is 11.5. The molecule has 0 spiro atoms. The van der Waals surface area contributed by atoms with Gasteiger partial charge in [0, 0.05) is 5.56 Å². The standard InChI is InChI=1S/C29H28N2O7S/c1-5-15-38-28(35)26-17(4)30-29(39-26)31-23(19-9-8-10-21(16-19)37-7-3)22(25(33)27(31)34)24(32)18-11-13-20(14-12-18)36-6-2/h5,8-14,16,23,32H,1,6-7,15H2,2-4H3/b24-22+. The Hall–Kier alpha value is -4.44. The molecule has 1 fully saturated rings. The fourth-order valence-electron chi connectivity index (χ4n) is 4.19. The van der Waals surface area contributed by atoms with Gasteiger partial charge in [-0.3, -0.25) is 14.5 Å². The van der Waals surface area contributed by atoms with Crippen LogP contribution in [0.15, 0.2) is 66.8 Å². The maximum absolute atomic E-state index is 13.5. The van der Waals surface area contributed by atoms with Crippen molar-refractivity contribution in [2.45, 2.75) is 26.8 Å². The van der Waals surface area contributed by atoms with Crippen molar-refractivity contribution in [1.29, 1.82) is 0 Å². The Morgan fingerprint density at radius 1 is 1.10 bits per heavy atom. The van der Waals surface area contributed by atoms with Gasteiger partial charge in [0.2, 0.25) is 0 Å². The first kappa shape index (κ1) is 27.6. The second kappa shape index (κ2) is 12.0. The predicted molar refractivity (Wildman–Crippen MR) is 147 cm³/mol. The van der Waals surface area contributed by atoms with Crippen LogP contribution < -0.4 is 14.4 Å². The SMILES string of the molecule is C=CCOC(=O)c1sc(N2C(=O)C(=O)/C(=C(/O)c3ccc(OCC)cc3)C2c2cccc(OCC)c2)nc1C. The first-order chi connectivity index (χ1) is 18.8. The Kier molecular flexibility index (Phi) is 8.46. The van der Waals surface area contributed by atoms with E-state index >= 15 is 0 Å². The van der Waals surface area contributed by atoms with Crippen LogP contribution in [0.3, 0.4) is 0 Å². The molecule has 0 aliphatic carbocycles. The van der Waals surface area contributed by atoms with Gasteiger partial charge in [-0.1, -0.05) is 36.1 Å². The predicted octanol–water partition coefficient (Wildman–Crippen LogP) is 5.22. The Bertz CT molecular complexity index is 1440. The first-order valence-electron chi connectivity index (χ1n) is 12.3. The highest BCUT2D eigenvalue weighted by Gasteiger charge is 2.48. The Labute approximate surface area is 230 Å². The number of thiazole rings is 1. The quantitative estimate of drug-likeness (QED) is 0.121. The minimum Gasteiger partial charge on any atom is -0.507 e. The zero-order chi connectivity index (χ0) is 28.1. The summed E-state index contributed by atoms with van der Waals surface area (Å²) >= 11 is 0.932. The van der Waals surface area contributed by atoms with Crippen LogP contribution in [-0.2, 0) is 14.3 Å². The summed E-state index contributed by atoms with van der Waals surface area (Å²) in [6.45, 7) is 9.76. The molecule has 4 rings (SSSR count). The summed E-state index contributed by atoms with van der Waals surface area (Å²) < 4.78 is 16.3. The van der Waals surface area contributed by atoms with Gasteiger partial charge in [-0.25, -0.2) is 9.78 Å². The van der Waals surface area contributed by atoms with Gasteiger partial charge in [0.1, 0.15) is 28.7 Å². The zero-order valence-electron chi connectivity index (χ0n) is 21.8. The molecule has 0 radical (unpaired) electrons. The zero-order valence-corrected chi connectivity index (χ0v) is 22.6. The molecule has 1 amide bonds. The van der Waals surface area contributed by atoms with Crippen molar-refractivity contribution in [3.63, 3.8) is 0 Å². The highest BCUT2D eigenvalue weighted by molar-refractivity contribution is 7.17. The summed E-state index contributed by atoms with van der Waals surface area (Å²) in [6.07, 6.45) is 1.44. The topological polar surface area (TPSA) is 115 Å².